The zero-order valence-electron chi connectivity index (χ0n) is 14.1. The van der Waals surface area contributed by atoms with Gasteiger partial charge in [-0.1, -0.05) is 24.8 Å². The predicted molar refractivity (Wildman–Crippen MR) is 89.1 cm³/mol. The lowest BCUT2D eigenvalue weighted by Gasteiger charge is -2.12. The maximum Gasteiger partial charge on any atom is 0.284 e. The highest BCUT2D eigenvalue weighted by molar-refractivity contribution is 5.95. The molecule has 1 aromatic carbocycles. The van der Waals surface area contributed by atoms with Crippen LogP contribution in [0.15, 0.2) is 43.1 Å². The van der Waals surface area contributed by atoms with E-state index in [1.165, 1.54) is 14.2 Å². The number of carbonyl (C=O) groups is 1. The second kappa shape index (κ2) is 8.16. The minimum Gasteiger partial charge on any atom is -0.497 e. The van der Waals surface area contributed by atoms with Crippen molar-refractivity contribution in [2.75, 3.05) is 27.9 Å². The molecule has 1 amide bonds. The van der Waals surface area contributed by atoms with Crippen LogP contribution in [0.1, 0.15) is 15.9 Å². The van der Waals surface area contributed by atoms with E-state index in [0.717, 1.165) is 16.4 Å². The maximum atomic E-state index is 12.3. The molecule has 0 aliphatic rings. The highest BCUT2D eigenvalue weighted by atomic mass is 16.7. The van der Waals surface area contributed by atoms with Gasteiger partial charge in [0.25, 0.3) is 5.91 Å². The molecule has 7 nitrogen and oxygen atoms in total. The van der Waals surface area contributed by atoms with Crippen LogP contribution in [0.3, 0.4) is 0 Å². The molecule has 0 aliphatic heterocycles. The van der Waals surface area contributed by atoms with Crippen LogP contribution in [-0.4, -0.2) is 48.6 Å². The number of hydroxylamine groups is 2. The van der Waals surface area contributed by atoms with Crippen LogP contribution >= 0.6 is 0 Å². The van der Waals surface area contributed by atoms with Crippen molar-refractivity contribution >= 4 is 5.91 Å². The SMILES string of the molecule is C=CCOc1nn(Cc2ccc(OC)cc2)cc1C(=O)N(C)OC. The molecule has 1 aromatic heterocycles. The van der Waals surface area contributed by atoms with Gasteiger partial charge in [0.1, 0.15) is 17.9 Å². The number of aromatic nitrogens is 2. The quantitative estimate of drug-likeness (QED) is 0.548. The fourth-order valence-corrected chi connectivity index (χ4v) is 2.05. The number of ether oxygens (including phenoxy) is 2. The van der Waals surface area contributed by atoms with Crippen LogP contribution in [0.2, 0.25) is 0 Å². The summed E-state index contributed by atoms with van der Waals surface area (Å²) in [5, 5.41) is 5.46. The summed E-state index contributed by atoms with van der Waals surface area (Å²) in [4.78, 5) is 17.3. The zero-order chi connectivity index (χ0) is 17.5. The summed E-state index contributed by atoms with van der Waals surface area (Å²) in [6.07, 6.45) is 3.23. The van der Waals surface area contributed by atoms with Crippen LogP contribution in [0.5, 0.6) is 11.6 Å². The van der Waals surface area contributed by atoms with Crippen LogP contribution in [0.4, 0.5) is 0 Å². The second-order valence-corrected chi connectivity index (χ2v) is 4.98. The van der Waals surface area contributed by atoms with Crippen molar-refractivity contribution in [2.24, 2.45) is 0 Å². The first-order chi connectivity index (χ1) is 11.6. The van der Waals surface area contributed by atoms with Gasteiger partial charge in [0.15, 0.2) is 0 Å². The highest BCUT2D eigenvalue weighted by Crippen LogP contribution is 2.20. The molecule has 0 aliphatic carbocycles. The molecule has 0 N–H and O–H groups in total. The Morgan fingerprint density at radius 2 is 2.04 bits per heavy atom. The predicted octanol–water partition coefficient (Wildman–Crippen LogP) is 2.14. The average Bonchev–Trinajstić information content (AvgIpc) is 3.01. The lowest BCUT2D eigenvalue weighted by Crippen LogP contribution is -2.25. The number of carbonyl (C=O) groups excluding carboxylic acids is 1. The first-order valence-corrected chi connectivity index (χ1v) is 7.35. The largest absolute Gasteiger partial charge is 0.497 e. The van der Waals surface area contributed by atoms with E-state index in [9.17, 15) is 4.79 Å². The minimum absolute atomic E-state index is 0.248. The van der Waals surface area contributed by atoms with Gasteiger partial charge in [-0.15, -0.1) is 5.10 Å². The van der Waals surface area contributed by atoms with Gasteiger partial charge in [0.05, 0.1) is 20.8 Å². The Morgan fingerprint density at radius 1 is 1.33 bits per heavy atom. The third kappa shape index (κ3) is 4.14. The Bertz CT molecular complexity index is 694. The number of rotatable bonds is 8. The van der Waals surface area contributed by atoms with E-state index >= 15 is 0 Å². The lowest BCUT2D eigenvalue weighted by molar-refractivity contribution is -0.0758. The smallest absolute Gasteiger partial charge is 0.284 e. The Kier molecular flexibility index (Phi) is 5.97. The Labute approximate surface area is 141 Å². The summed E-state index contributed by atoms with van der Waals surface area (Å²) < 4.78 is 12.3. The van der Waals surface area contributed by atoms with Crippen molar-refractivity contribution in [3.8, 4) is 11.6 Å². The zero-order valence-corrected chi connectivity index (χ0v) is 14.1. The normalized spacial score (nSPS) is 10.3. The van der Waals surface area contributed by atoms with Crippen LogP contribution in [0.25, 0.3) is 0 Å². The summed E-state index contributed by atoms with van der Waals surface area (Å²) in [5.41, 5.74) is 1.35. The highest BCUT2D eigenvalue weighted by Gasteiger charge is 2.21. The van der Waals surface area contributed by atoms with Crippen molar-refractivity contribution in [1.82, 2.24) is 14.8 Å². The van der Waals surface area contributed by atoms with Crippen molar-refractivity contribution in [3.05, 3.63) is 54.2 Å². The number of hydrogen-bond acceptors (Lipinski definition) is 5. The molecular formula is C17H21N3O4. The Balaban J connectivity index is 2.24. The Morgan fingerprint density at radius 3 is 2.62 bits per heavy atom. The molecule has 0 fully saturated rings. The molecule has 0 radical (unpaired) electrons. The summed E-state index contributed by atoms with van der Waals surface area (Å²) in [6.45, 7) is 4.36. The van der Waals surface area contributed by atoms with E-state index in [1.807, 2.05) is 24.3 Å². The van der Waals surface area contributed by atoms with Gasteiger partial charge in [-0.05, 0) is 17.7 Å². The van der Waals surface area contributed by atoms with Crippen LogP contribution in [0, 0.1) is 0 Å². The molecule has 2 rings (SSSR count). The van der Waals surface area contributed by atoms with Crippen LogP contribution < -0.4 is 9.47 Å². The fourth-order valence-electron chi connectivity index (χ4n) is 2.05. The molecule has 0 unspecified atom stereocenters. The van der Waals surface area contributed by atoms with Crippen molar-refractivity contribution in [2.45, 2.75) is 6.54 Å². The molecule has 128 valence electrons. The van der Waals surface area contributed by atoms with Crippen molar-refractivity contribution < 1.29 is 19.1 Å². The summed E-state index contributed by atoms with van der Waals surface area (Å²) >= 11 is 0. The van der Waals surface area contributed by atoms with Gasteiger partial charge < -0.3 is 9.47 Å². The monoisotopic (exact) mass is 331 g/mol. The molecule has 1 heterocycles. The number of nitrogens with zero attached hydrogens (tertiary/aromatic N) is 3. The Hall–Kier alpha value is -2.80. The minimum atomic E-state index is -0.336. The summed E-state index contributed by atoms with van der Waals surface area (Å²) in [6, 6.07) is 7.62. The standard InChI is InChI=1S/C17H21N3O4/c1-5-10-24-16-15(17(21)19(2)23-4)12-20(18-16)11-13-6-8-14(22-3)9-7-13/h5-9,12H,1,10-11H2,2-4H3. The van der Waals surface area contributed by atoms with Gasteiger partial charge in [0.2, 0.25) is 5.88 Å². The van der Waals surface area contributed by atoms with E-state index in [0.29, 0.717) is 12.1 Å². The van der Waals surface area contributed by atoms with Gasteiger partial charge in [-0.3, -0.25) is 14.3 Å². The van der Waals surface area contributed by atoms with Gasteiger partial charge >= 0.3 is 0 Å². The molecule has 24 heavy (non-hydrogen) atoms. The second-order valence-electron chi connectivity index (χ2n) is 4.98. The number of methoxy groups -OCH3 is 1. The maximum absolute atomic E-state index is 12.3. The molecule has 0 saturated heterocycles. The average molecular weight is 331 g/mol. The number of benzene rings is 1. The first kappa shape index (κ1) is 17.6. The molecule has 7 heteroatoms. The third-order valence-electron chi connectivity index (χ3n) is 3.36. The van der Waals surface area contributed by atoms with Gasteiger partial charge in [-0.25, -0.2) is 5.06 Å². The third-order valence-corrected chi connectivity index (χ3v) is 3.36. The molecule has 0 bridgehead atoms. The molecule has 0 spiro atoms. The number of hydrogen-bond donors (Lipinski definition) is 0. The van der Waals surface area contributed by atoms with E-state index in [1.54, 1.807) is 24.1 Å². The van der Waals surface area contributed by atoms with Crippen LogP contribution in [-0.2, 0) is 11.4 Å². The molecule has 0 saturated carbocycles. The topological polar surface area (TPSA) is 65.8 Å². The van der Waals surface area contributed by atoms with Gasteiger partial charge in [-0.2, -0.15) is 0 Å². The van der Waals surface area contributed by atoms with E-state index in [2.05, 4.69) is 11.7 Å². The number of amides is 1. The molecule has 0 atom stereocenters. The first-order valence-electron chi connectivity index (χ1n) is 7.35. The molecule has 2 aromatic rings. The van der Waals surface area contributed by atoms with Crippen molar-refractivity contribution in [3.63, 3.8) is 0 Å². The van der Waals surface area contributed by atoms with Gasteiger partial charge in [0, 0.05) is 13.2 Å². The molecular weight excluding hydrogens is 310 g/mol. The van der Waals surface area contributed by atoms with Crippen molar-refractivity contribution in [1.29, 1.82) is 0 Å². The van der Waals surface area contributed by atoms with E-state index in [-0.39, 0.29) is 18.4 Å². The fraction of sp³-hybridized carbons (Fsp3) is 0.294. The van der Waals surface area contributed by atoms with E-state index < -0.39 is 0 Å². The summed E-state index contributed by atoms with van der Waals surface area (Å²) in [5.74, 6) is 0.696. The lowest BCUT2D eigenvalue weighted by atomic mass is 10.2. The van der Waals surface area contributed by atoms with E-state index in [4.69, 9.17) is 14.3 Å². The summed E-state index contributed by atoms with van der Waals surface area (Å²) in [7, 11) is 4.57.